The Labute approximate surface area is 187 Å². The van der Waals surface area contributed by atoms with Crippen LogP contribution in [0.2, 0.25) is 0 Å². The predicted octanol–water partition coefficient (Wildman–Crippen LogP) is -3.07. The van der Waals surface area contributed by atoms with Crippen molar-refractivity contribution in [3.8, 4) is 0 Å². The number of carbonyl (C=O) groups excluding carboxylic acids is 1. The summed E-state index contributed by atoms with van der Waals surface area (Å²) in [7, 11) is 0. The third kappa shape index (κ3) is 13.2. The number of amides is 1. The zero-order valence-corrected chi connectivity index (χ0v) is 18.4. The summed E-state index contributed by atoms with van der Waals surface area (Å²) in [6.07, 6.45) is 0.664. The summed E-state index contributed by atoms with van der Waals surface area (Å²) >= 11 is 0. The van der Waals surface area contributed by atoms with Gasteiger partial charge in [-0.1, -0.05) is 0 Å². The molecule has 0 unspecified atom stereocenters. The topological polar surface area (TPSA) is 180 Å². The second-order valence-electron chi connectivity index (χ2n) is 7.78. The van der Waals surface area contributed by atoms with E-state index in [1.54, 1.807) is 14.7 Å². The molecule has 1 amide bonds. The van der Waals surface area contributed by atoms with E-state index in [-0.39, 0.29) is 32.1 Å². The molecule has 0 saturated carbocycles. The molecule has 32 heavy (non-hydrogen) atoms. The number of nitrogens with two attached hydrogens (primary N) is 1. The average Bonchev–Trinajstić information content (AvgIpc) is 2.69. The Bertz CT molecular complexity index is 589. The minimum atomic E-state index is -1.00. The zero-order valence-electron chi connectivity index (χ0n) is 18.4. The number of carboxylic acids is 3. The number of carboxylic acid groups (broad SMARTS) is 3. The Morgan fingerprint density at radius 2 is 0.938 bits per heavy atom. The van der Waals surface area contributed by atoms with Crippen LogP contribution in [0.1, 0.15) is 6.42 Å². The lowest BCUT2D eigenvalue weighted by molar-refractivity contribution is -0.140. The lowest BCUT2D eigenvalue weighted by Crippen LogP contribution is -2.49. The van der Waals surface area contributed by atoms with Gasteiger partial charge in [0, 0.05) is 58.9 Å². The maximum absolute atomic E-state index is 12.3. The largest absolute Gasteiger partial charge is 0.480 e. The van der Waals surface area contributed by atoms with E-state index in [1.807, 2.05) is 4.90 Å². The Morgan fingerprint density at radius 1 is 0.625 bits per heavy atom. The summed E-state index contributed by atoms with van der Waals surface area (Å²) in [5.41, 5.74) is 5.44. The standard InChI is InChI=1S/C19H36N6O7/c20-2-1-3-21-16(26)12-22-4-6-23(13-17(27)28)8-10-25(15-19(31)32)11-9-24(7-5-22)14-18(29)30/h1-15,20H2,(H,21,26)(H,27,28)(H,29,30)(H,31,32). The second kappa shape index (κ2) is 15.5. The van der Waals surface area contributed by atoms with E-state index >= 15 is 0 Å². The molecule has 1 fully saturated rings. The third-order valence-corrected chi connectivity index (χ3v) is 5.08. The fourth-order valence-electron chi connectivity index (χ4n) is 3.37. The lowest BCUT2D eigenvalue weighted by atomic mass is 10.3. The molecular weight excluding hydrogens is 424 g/mol. The number of hydrogen-bond donors (Lipinski definition) is 5. The Hall–Kier alpha value is -2.32. The molecule has 0 bridgehead atoms. The summed E-state index contributed by atoms with van der Waals surface area (Å²) < 4.78 is 0. The minimum Gasteiger partial charge on any atom is -0.480 e. The van der Waals surface area contributed by atoms with E-state index in [0.29, 0.717) is 71.9 Å². The molecule has 0 spiro atoms. The van der Waals surface area contributed by atoms with Crippen LogP contribution < -0.4 is 11.1 Å². The van der Waals surface area contributed by atoms with E-state index in [4.69, 9.17) is 10.8 Å². The van der Waals surface area contributed by atoms with Crippen molar-refractivity contribution in [3.05, 3.63) is 0 Å². The Balaban J connectivity index is 2.89. The van der Waals surface area contributed by atoms with Crippen molar-refractivity contribution in [2.75, 3.05) is 91.6 Å². The fraction of sp³-hybridized carbons (Fsp3) is 0.789. The smallest absolute Gasteiger partial charge is 0.317 e. The van der Waals surface area contributed by atoms with Crippen molar-refractivity contribution in [2.24, 2.45) is 5.73 Å². The Morgan fingerprint density at radius 3 is 1.22 bits per heavy atom. The van der Waals surface area contributed by atoms with Crippen LogP contribution >= 0.6 is 0 Å². The summed E-state index contributed by atoms with van der Waals surface area (Å²) in [4.78, 5) is 52.9. The number of carbonyl (C=O) groups is 4. The normalized spacial score (nSPS) is 18.4. The molecule has 1 aliphatic rings. The van der Waals surface area contributed by atoms with Gasteiger partial charge < -0.3 is 26.4 Å². The number of hydrogen-bond acceptors (Lipinski definition) is 9. The van der Waals surface area contributed by atoms with Crippen LogP contribution in [-0.4, -0.2) is 150 Å². The van der Waals surface area contributed by atoms with Crippen LogP contribution in [0.25, 0.3) is 0 Å². The van der Waals surface area contributed by atoms with Gasteiger partial charge in [-0.25, -0.2) is 0 Å². The highest BCUT2D eigenvalue weighted by molar-refractivity contribution is 5.78. The number of rotatable bonds is 11. The van der Waals surface area contributed by atoms with Crippen LogP contribution in [0.4, 0.5) is 0 Å². The monoisotopic (exact) mass is 460 g/mol. The molecule has 0 aromatic carbocycles. The molecule has 0 aliphatic carbocycles. The zero-order chi connectivity index (χ0) is 23.9. The highest BCUT2D eigenvalue weighted by Gasteiger charge is 2.20. The highest BCUT2D eigenvalue weighted by Crippen LogP contribution is 2.01. The lowest BCUT2D eigenvalue weighted by Gasteiger charge is -2.32. The quantitative estimate of drug-likeness (QED) is 0.197. The number of aliphatic carboxylic acids is 3. The SMILES string of the molecule is NCCCNC(=O)CN1CCN(CC(=O)O)CCN(CC(=O)O)CCN(CC(=O)O)CC1. The number of nitrogens with zero attached hydrogens (tertiary/aromatic N) is 4. The van der Waals surface area contributed by atoms with E-state index in [0.717, 1.165) is 0 Å². The molecule has 1 saturated heterocycles. The third-order valence-electron chi connectivity index (χ3n) is 5.08. The van der Waals surface area contributed by atoms with Gasteiger partial charge in [-0.15, -0.1) is 0 Å². The first kappa shape index (κ1) is 27.7. The highest BCUT2D eigenvalue weighted by atomic mass is 16.4. The molecule has 13 nitrogen and oxygen atoms in total. The van der Waals surface area contributed by atoms with Crippen LogP contribution in [0, 0.1) is 0 Å². The van der Waals surface area contributed by atoms with Gasteiger partial charge in [0.25, 0.3) is 0 Å². The molecule has 1 aliphatic heterocycles. The maximum atomic E-state index is 12.3. The molecule has 1 heterocycles. The molecule has 13 heteroatoms. The first-order chi connectivity index (χ1) is 15.2. The van der Waals surface area contributed by atoms with Crippen LogP contribution in [0.15, 0.2) is 0 Å². The van der Waals surface area contributed by atoms with Gasteiger partial charge in [0.2, 0.25) is 5.91 Å². The van der Waals surface area contributed by atoms with Crippen LogP contribution in [0.5, 0.6) is 0 Å². The van der Waals surface area contributed by atoms with Crippen molar-refractivity contribution in [1.82, 2.24) is 24.9 Å². The predicted molar refractivity (Wildman–Crippen MR) is 115 cm³/mol. The van der Waals surface area contributed by atoms with Gasteiger partial charge in [-0.3, -0.25) is 38.8 Å². The van der Waals surface area contributed by atoms with E-state index in [9.17, 15) is 29.4 Å². The van der Waals surface area contributed by atoms with Crippen molar-refractivity contribution < 1.29 is 34.5 Å². The maximum Gasteiger partial charge on any atom is 0.317 e. The van der Waals surface area contributed by atoms with Crippen LogP contribution in [0.3, 0.4) is 0 Å². The molecule has 184 valence electrons. The average molecular weight is 461 g/mol. The van der Waals surface area contributed by atoms with Gasteiger partial charge in [0.15, 0.2) is 0 Å². The Kier molecular flexibility index (Phi) is 13.4. The summed E-state index contributed by atoms with van der Waals surface area (Å²) in [6.45, 7) is 3.39. The summed E-state index contributed by atoms with van der Waals surface area (Å²) in [6, 6.07) is 0. The van der Waals surface area contributed by atoms with Crippen molar-refractivity contribution in [2.45, 2.75) is 6.42 Å². The summed E-state index contributed by atoms with van der Waals surface area (Å²) in [5, 5.41) is 30.4. The van der Waals surface area contributed by atoms with Gasteiger partial charge in [-0.2, -0.15) is 0 Å². The van der Waals surface area contributed by atoms with Crippen molar-refractivity contribution in [3.63, 3.8) is 0 Å². The van der Waals surface area contributed by atoms with Crippen LogP contribution in [-0.2, 0) is 19.2 Å². The van der Waals surface area contributed by atoms with Gasteiger partial charge in [0.1, 0.15) is 0 Å². The van der Waals surface area contributed by atoms with E-state index < -0.39 is 17.9 Å². The molecule has 0 aromatic heterocycles. The molecule has 0 radical (unpaired) electrons. The fourth-order valence-corrected chi connectivity index (χ4v) is 3.37. The molecule has 6 N–H and O–H groups in total. The van der Waals surface area contributed by atoms with Gasteiger partial charge >= 0.3 is 17.9 Å². The summed E-state index contributed by atoms with van der Waals surface area (Å²) in [5.74, 6) is -3.15. The van der Waals surface area contributed by atoms with Crippen molar-refractivity contribution in [1.29, 1.82) is 0 Å². The number of nitrogens with one attached hydrogen (secondary N) is 1. The second-order valence-corrected chi connectivity index (χ2v) is 7.78. The minimum absolute atomic E-state index is 0.109. The molecule has 1 rings (SSSR count). The molecular formula is C19H36N6O7. The molecule has 0 atom stereocenters. The van der Waals surface area contributed by atoms with E-state index in [1.165, 1.54) is 0 Å². The first-order valence-corrected chi connectivity index (χ1v) is 10.7. The van der Waals surface area contributed by atoms with Gasteiger partial charge in [0.05, 0.1) is 26.2 Å². The van der Waals surface area contributed by atoms with E-state index in [2.05, 4.69) is 5.32 Å². The first-order valence-electron chi connectivity index (χ1n) is 10.7. The van der Waals surface area contributed by atoms with Gasteiger partial charge in [-0.05, 0) is 13.0 Å². The molecule has 0 aromatic rings. The van der Waals surface area contributed by atoms with Crippen molar-refractivity contribution >= 4 is 23.8 Å².